The molecule has 3 aromatic carbocycles. The van der Waals surface area contributed by atoms with Crippen LogP contribution in [0.2, 0.25) is 0 Å². The molecule has 0 bridgehead atoms. The standard InChI is InChI=1S/C23H24N4O2/c1-16(2)24-23(29)27-21-10-8-17(9-11-21)22(28)26-20-14-12-19(13-15-20)25-18-6-4-3-5-7-18/h3-16,25H,1-2H3,(H,26,28)(H2,24,27,29). The Hall–Kier alpha value is -3.80. The Morgan fingerprint density at radius 3 is 1.79 bits per heavy atom. The Morgan fingerprint density at radius 2 is 1.17 bits per heavy atom. The normalized spacial score (nSPS) is 10.3. The number of carbonyl (C=O) groups excluding carboxylic acids is 2. The minimum absolute atomic E-state index is 0.0503. The van der Waals surface area contributed by atoms with Crippen molar-refractivity contribution in [2.24, 2.45) is 0 Å². The predicted octanol–water partition coefficient (Wildman–Crippen LogP) is 5.21. The van der Waals surface area contributed by atoms with E-state index in [1.165, 1.54) is 0 Å². The van der Waals surface area contributed by atoms with Gasteiger partial charge in [0.15, 0.2) is 0 Å². The average Bonchev–Trinajstić information content (AvgIpc) is 2.70. The van der Waals surface area contributed by atoms with Crippen LogP contribution in [0.25, 0.3) is 0 Å². The van der Waals surface area contributed by atoms with Gasteiger partial charge in [0.2, 0.25) is 0 Å². The van der Waals surface area contributed by atoms with E-state index in [4.69, 9.17) is 0 Å². The summed E-state index contributed by atoms with van der Waals surface area (Å²) in [6.45, 7) is 3.77. The number of para-hydroxylation sites is 1. The number of hydrogen-bond acceptors (Lipinski definition) is 3. The number of hydrogen-bond donors (Lipinski definition) is 4. The van der Waals surface area contributed by atoms with Crippen LogP contribution < -0.4 is 21.3 Å². The van der Waals surface area contributed by atoms with Gasteiger partial charge in [0.05, 0.1) is 0 Å². The van der Waals surface area contributed by atoms with E-state index < -0.39 is 0 Å². The first-order valence-corrected chi connectivity index (χ1v) is 9.41. The van der Waals surface area contributed by atoms with E-state index in [0.717, 1.165) is 11.4 Å². The molecule has 0 saturated heterocycles. The number of anilines is 4. The fourth-order valence-corrected chi connectivity index (χ4v) is 2.66. The molecule has 0 heterocycles. The summed E-state index contributed by atoms with van der Waals surface area (Å²) in [5, 5.41) is 11.6. The lowest BCUT2D eigenvalue weighted by Crippen LogP contribution is -2.34. The quantitative estimate of drug-likeness (QED) is 0.468. The van der Waals surface area contributed by atoms with E-state index in [0.29, 0.717) is 16.9 Å². The van der Waals surface area contributed by atoms with Crippen molar-refractivity contribution in [2.45, 2.75) is 19.9 Å². The van der Waals surface area contributed by atoms with Gasteiger partial charge in [-0.2, -0.15) is 0 Å². The number of rotatable bonds is 6. The summed E-state index contributed by atoms with van der Waals surface area (Å²) >= 11 is 0. The first kappa shape index (κ1) is 19.9. The maximum Gasteiger partial charge on any atom is 0.319 e. The van der Waals surface area contributed by atoms with Crippen LogP contribution in [0.5, 0.6) is 0 Å². The van der Waals surface area contributed by atoms with E-state index in [1.54, 1.807) is 24.3 Å². The first-order chi connectivity index (χ1) is 14.0. The van der Waals surface area contributed by atoms with Gasteiger partial charge >= 0.3 is 6.03 Å². The van der Waals surface area contributed by atoms with Crippen molar-refractivity contribution < 1.29 is 9.59 Å². The smallest absolute Gasteiger partial charge is 0.319 e. The van der Waals surface area contributed by atoms with E-state index >= 15 is 0 Å². The van der Waals surface area contributed by atoms with Crippen LogP contribution in [0.4, 0.5) is 27.5 Å². The SMILES string of the molecule is CC(C)NC(=O)Nc1ccc(C(=O)Nc2ccc(Nc3ccccc3)cc2)cc1. The zero-order chi connectivity index (χ0) is 20.6. The van der Waals surface area contributed by atoms with Crippen LogP contribution in [-0.4, -0.2) is 18.0 Å². The molecular formula is C23H24N4O2. The summed E-state index contributed by atoms with van der Waals surface area (Å²) in [5.41, 5.74) is 3.76. The van der Waals surface area contributed by atoms with Crippen LogP contribution >= 0.6 is 0 Å². The monoisotopic (exact) mass is 388 g/mol. The number of benzene rings is 3. The summed E-state index contributed by atoms with van der Waals surface area (Å²) in [7, 11) is 0. The maximum absolute atomic E-state index is 12.4. The second-order valence-electron chi connectivity index (χ2n) is 6.85. The molecule has 0 saturated carbocycles. The molecule has 3 rings (SSSR count). The average molecular weight is 388 g/mol. The third kappa shape index (κ3) is 6.10. The van der Waals surface area contributed by atoms with E-state index in [-0.39, 0.29) is 18.0 Å². The number of carbonyl (C=O) groups is 2. The molecule has 0 aromatic heterocycles. The number of nitrogens with one attached hydrogen (secondary N) is 4. The molecule has 0 fully saturated rings. The summed E-state index contributed by atoms with van der Waals surface area (Å²) in [5.74, 6) is -0.216. The minimum atomic E-state index is -0.276. The first-order valence-electron chi connectivity index (χ1n) is 9.41. The summed E-state index contributed by atoms with van der Waals surface area (Å²) in [6, 6.07) is 23.9. The summed E-state index contributed by atoms with van der Waals surface area (Å²) in [4.78, 5) is 24.2. The van der Waals surface area contributed by atoms with Gasteiger partial charge in [0.1, 0.15) is 0 Å². The van der Waals surface area contributed by atoms with Crippen LogP contribution in [0, 0.1) is 0 Å². The molecule has 0 spiro atoms. The minimum Gasteiger partial charge on any atom is -0.356 e. The maximum atomic E-state index is 12.4. The lowest BCUT2D eigenvalue weighted by Gasteiger charge is -2.11. The van der Waals surface area contributed by atoms with Crippen LogP contribution in [0.1, 0.15) is 24.2 Å². The lowest BCUT2D eigenvalue weighted by atomic mass is 10.2. The van der Waals surface area contributed by atoms with E-state index in [2.05, 4.69) is 21.3 Å². The Kier molecular flexibility index (Phi) is 6.47. The Balaban J connectivity index is 1.56. The highest BCUT2D eigenvalue weighted by Gasteiger charge is 2.08. The molecule has 148 valence electrons. The highest BCUT2D eigenvalue weighted by atomic mass is 16.2. The molecular weight excluding hydrogens is 364 g/mol. The third-order valence-electron chi connectivity index (χ3n) is 4.03. The largest absolute Gasteiger partial charge is 0.356 e. The third-order valence-corrected chi connectivity index (χ3v) is 4.03. The topological polar surface area (TPSA) is 82.3 Å². The fourth-order valence-electron chi connectivity index (χ4n) is 2.66. The zero-order valence-corrected chi connectivity index (χ0v) is 16.4. The molecule has 3 aromatic rings. The molecule has 29 heavy (non-hydrogen) atoms. The Bertz CT molecular complexity index is 952. The lowest BCUT2D eigenvalue weighted by molar-refractivity contribution is 0.102. The second-order valence-corrected chi connectivity index (χ2v) is 6.85. The van der Waals surface area contributed by atoms with Crippen molar-refractivity contribution in [3.63, 3.8) is 0 Å². The molecule has 0 atom stereocenters. The van der Waals surface area contributed by atoms with Crippen molar-refractivity contribution in [1.29, 1.82) is 0 Å². The molecule has 0 aliphatic heterocycles. The van der Waals surface area contributed by atoms with Gasteiger partial charge in [-0.25, -0.2) is 4.79 Å². The van der Waals surface area contributed by atoms with Crippen molar-refractivity contribution in [2.75, 3.05) is 16.0 Å². The molecule has 4 N–H and O–H groups in total. The summed E-state index contributed by atoms with van der Waals surface area (Å²) in [6.07, 6.45) is 0. The highest BCUT2D eigenvalue weighted by Crippen LogP contribution is 2.19. The van der Waals surface area contributed by atoms with Crippen molar-refractivity contribution in [3.05, 3.63) is 84.4 Å². The second kappa shape index (κ2) is 9.41. The summed E-state index contributed by atoms with van der Waals surface area (Å²) < 4.78 is 0. The fraction of sp³-hybridized carbons (Fsp3) is 0.130. The van der Waals surface area contributed by atoms with Gasteiger partial charge in [-0.15, -0.1) is 0 Å². The molecule has 0 aliphatic rings. The van der Waals surface area contributed by atoms with Crippen LogP contribution in [-0.2, 0) is 0 Å². The molecule has 6 heteroatoms. The van der Waals surface area contributed by atoms with Gasteiger partial charge < -0.3 is 21.3 Å². The van der Waals surface area contributed by atoms with Gasteiger partial charge in [0.25, 0.3) is 5.91 Å². The Labute approximate surface area is 170 Å². The molecule has 0 radical (unpaired) electrons. The molecule has 6 nitrogen and oxygen atoms in total. The zero-order valence-electron chi connectivity index (χ0n) is 16.4. The van der Waals surface area contributed by atoms with Gasteiger partial charge in [-0.05, 0) is 74.5 Å². The van der Waals surface area contributed by atoms with Gasteiger partial charge in [0, 0.05) is 34.4 Å². The number of urea groups is 1. The van der Waals surface area contributed by atoms with Gasteiger partial charge in [-0.1, -0.05) is 18.2 Å². The predicted molar refractivity (Wildman–Crippen MR) is 118 cm³/mol. The molecule has 0 aliphatic carbocycles. The van der Waals surface area contributed by atoms with Crippen LogP contribution in [0.15, 0.2) is 78.9 Å². The highest BCUT2D eigenvalue weighted by molar-refractivity contribution is 6.04. The van der Waals surface area contributed by atoms with Crippen LogP contribution in [0.3, 0.4) is 0 Å². The van der Waals surface area contributed by atoms with Gasteiger partial charge in [-0.3, -0.25) is 4.79 Å². The Morgan fingerprint density at radius 1 is 0.655 bits per heavy atom. The van der Waals surface area contributed by atoms with E-state index in [1.807, 2.05) is 68.4 Å². The van der Waals surface area contributed by atoms with Crippen molar-refractivity contribution >= 4 is 34.7 Å². The van der Waals surface area contributed by atoms with Crippen molar-refractivity contribution in [1.82, 2.24) is 5.32 Å². The molecule has 0 unspecified atom stereocenters. The van der Waals surface area contributed by atoms with E-state index in [9.17, 15) is 9.59 Å². The number of amides is 3. The molecule has 3 amide bonds. The van der Waals surface area contributed by atoms with Crippen molar-refractivity contribution in [3.8, 4) is 0 Å².